The summed E-state index contributed by atoms with van der Waals surface area (Å²) >= 11 is 0. The van der Waals surface area contributed by atoms with Crippen LogP contribution >= 0.6 is 0 Å². The van der Waals surface area contributed by atoms with Crippen LogP contribution in [0.5, 0.6) is 0 Å². The highest BCUT2D eigenvalue weighted by molar-refractivity contribution is 5.94. The van der Waals surface area contributed by atoms with Gasteiger partial charge < -0.3 is 10.2 Å². The molecule has 0 bridgehead atoms. The van der Waals surface area contributed by atoms with Gasteiger partial charge >= 0.3 is 0 Å². The Balaban J connectivity index is 1.93. The summed E-state index contributed by atoms with van der Waals surface area (Å²) < 4.78 is 26.6. The van der Waals surface area contributed by atoms with E-state index in [0.717, 1.165) is 18.6 Å². The molecular formula is C17H22F2N2O2. The van der Waals surface area contributed by atoms with Crippen molar-refractivity contribution in [2.45, 2.75) is 39.2 Å². The molecule has 1 aromatic rings. The van der Waals surface area contributed by atoms with E-state index in [1.165, 1.54) is 4.90 Å². The Morgan fingerprint density at radius 3 is 2.52 bits per heavy atom. The minimum Gasteiger partial charge on any atom is -0.353 e. The molecule has 1 N–H and O–H groups in total. The molecule has 1 saturated heterocycles. The number of benzene rings is 1. The van der Waals surface area contributed by atoms with E-state index in [1.807, 2.05) is 13.8 Å². The van der Waals surface area contributed by atoms with E-state index < -0.39 is 17.5 Å². The van der Waals surface area contributed by atoms with E-state index in [2.05, 4.69) is 5.32 Å². The van der Waals surface area contributed by atoms with Gasteiger partial charge in [0.1, 0.15) is 11.6 Å². The summed E-state index contributed by atoms with van der Waals surface area (Å²) in [5.41, 5.74) is -0.131. The predicted molar refractivity (Wildman–Crippen MR) is 82.9 cm³/mol. The quantitative estimate of drug-likeness (QED) is 0.926. The van der Waals surface area contributed by atoms with Crippen LogP contribution in [0, 0.1) is 17.6 Å². The van der Waals surface area contributed by atoms with E-state index in [4.69, 9.17) is 0 Å². The Hall–Kier alpha value is -1.98. The second-order valence-electron chi connectivity index (χ2n) is 6.01. The van der Waals surface area contributed by atoms with Crippen molar-refractivity contribution >= 4 is 11.8 Å². The molecule has 23 heavy (non-hydrogen) atoms. The lowest BCUT2D eigenvalue weighted by atomic mass is 9.95. The van der Waals surface area contributed by atoms with Gasteiger partial charge in [-0.05, 0) is 38.3 Å². The molecule has 0 aliphatic carbocycles. The molecule has 1 atom stereocenters. The van der Waals surface area contributed by atoms with Gasteiger partial charge in [0.2, 0.25) is 5.91 Å². The smallest absolute Gasteiger partial charge is 0.256 e. The average molecular weight is 324 g/mol. The molecule has 0 radical (unpaired) electrons. The maximum atomic E-state index is 13.7. The van der Waals surface area contributed by atoms with Crippen LogP contribution < -0.4 is 5.32 Å². The van der Waals surface area contributed by atoms with Crippen molar-refractivity contribution in [3.63, 3.8) is 0 Å². The molecule has 1 aromatic carbocycles. The molecule has 2 amide bonds. The predicted octanol–water partition coefficient (Wildman–Crippen LogP) is 2.73. The summed E-state index contributed by atoms with van der Waals surface area (Å²) in [5.74, 6) is -2.13. The number of rotatable bonds is 4. The third-order valence-corrected chi connectivity index (χ3v) is 4.32. The van der Waals surface area contributed by atoms with Gasteiger partial charge in [-0.25, -0.2) is 8.78 Å². The van der Waals surface area contributed by atoms with Gasteiger partial charge in [0, 0.05) is 31.1 Å². The Morgan fingerprint density at radius 2 is 1.96 bits per heavy atom. The third kappa shape index (κ3) is 4.27. The van der Waals surface area contributed by atoms with Crippen LogP contribution in [0.3, 0.4) is 0 Å². The lowest BCUT2D eigenvalue weighted by Gasteiger charge is -2.32. The number of hydrogen-bond acceptors (Lipinski definition) is 2. The van der Waals surface area contributed by atoms with Gasteiger partial charge in [0.05, 0.1) is 5.56 Å². The zero-order valence-electron chi connectivity index (χ0n) is 13.4. The molecule has 1 aliphatic heterocycles. The van der Waals surface area contributed by atoms with Gasteiger partial charge in [0.15, 0.2) is 0 Å². The Labute approximate surface area is 134 Å². The van der Waals surface area contributed by atoms with E-state index in [9.17, 15) is 18.4 Å². The Bertz CT molecular complexity index is 584. The standard InChI is InChI=1S/C17H22F2N2O2/c1-3-11(2)20-16(22)12-6-8-21(9-7-12)17(23)14-5-4-13(18)10-15(14)19/h4-5,10-12H,3,6-9H2,1-2H3,(H,20,22). The Kier molecular flexibility index (Phi) is 5.69. The summed E-state index contributed by atoms with van der Waals surface area (Å²) in [4.78, 5) is 25.9. The van der Waals surface area contributed by atoms with Crippen molar-refractivity contribution in [2.75, 3.05) is 13.1 Å². The number of likely N-dealkylation sites (tertiary alicyclic amines) is 1. The number of nitrogens with one attached hydrogen (secondary N) is 1. The van der Waals surface area contributed by atoms with Crippen LogP contribution in [0.15, 0.2) is 18.2 Å². The number of carbonyl (C=O) groups excluding carboxylic acids is 2. The monoisotopic (exact) mass is 324 g/mol. The van der Waals surface area contributed by atoms with E-state index in [-0.39, 0.29) is 23.4 Å². The third-order valence-electron chi connectivity index (χ3n) is 4.32. The van der Waals surface area contributed by atoms with Crippen molar-refractivity contribution in [3.8, 4) is 0 Å². The Morgan fingerprint density at radius 1 is 1.30 bits per heavy atom. The zero-order valence-corrected chi connectivity index (χ0v) is 13.4. The van der Waals surface area contributed by atoms with Gasteiger partial charge in [-0.3, -0.25) is 9.59 Å². The molecule has 126 valence electrons. The molecule has 1 fully saturated rings. The van der Waals surface area contributed by atoms with Crippen molar-refractivity contribution < 1.29 is 18.4 Å². The molecule has 0 spiro atoms. The largest absolute Gasteiger partial charge is 0.353 e. The highest BCUT2D eigenvalue weighted by Crippen LogP contribution is 2.21. The summed E-state index contributed by atoms with van der Waals surface area (Å²) in [6.07, 6.45) is 1.97. The fourth-order valence-corrected chi connectivity index (χ4v) is 2.64. The first-order valence-corrected chi connectivity index (χ1v) is 7.97. The normalized spacial score (nSPS) is 17.0. The fraction of sp³-hybridized carbons (Fsp3) is 0.529. The van der Waals surface area contributed by atoms with Gasteiger partial charge in [-0.2, -0.15) is 0 Å². The molecule has 6 heteroatoms. The molecule has 4 nitrogen and oxygen atoms in total. The lowest BCUT2D eigenvalue weighted by Crippen LogP contribution is -2.44. The van der Waals surface area contributed by atoms with E-state index in [1.54, 1.807) is 0 Å². The molecular weight excluding hydrogens is 302 g/mol. The van der Waals surface area contributed by atoms with Crippen LogP contribution in [-0.2, 0) is 4.79 Å². The molecule has 1 unspecified atom stereocenters. The number of piperidine rings is 1. The minimum atomic E-state index is -0.855. The highest BCUT2D eigenvalue weighted by atomic mass is 19.1. The summed E-state index contributed by atoms with van der Waals surface area (Å²) in [5, 5.41) is 2.95. The molecule has 1 aliphatic rings. The van der Waals surface area contributed by atoms with Crippen LogP contribution in [0.4, 0.5) is 8.78 Å². The SMILES string of the molecule is CCC(C)NC(=O)C1CCN(C(=O)c2ccc(F)cc2F)CC1. The topological polar surface area (TPSA) is 49.4 Å². The number of carbonyl (C=O) groups is 2. The minimum absolute atomic E-state index is 0.0133. The molecule has 0 saturated carbocycles. The summed E-state index contributed by atoms with van der Waals surface area (Å²) in [6.45, 7) is 4.75. The van der Waals surface area contributed by atoms with Crippen LogP contribution in [0.25, 0.3) is 0 Å². The molecule has 1 heterocycles. The van der Waals surface area contributed by atoms with E-state index >= 15 is 0 Å². The van der Waals surface area contributed by atoms with Crippen molar-refractivity contribution in [1.82, 2.24) is 10.2 Å². The van der Waals surface area contributed by atoms with Crippen molar-refractivity contribution in [1.29, 1.82) is 0 Å². The lowest BCUT2D eigenvalue weighted by molar-refractivity contribution is -0.126. The highest BCUT2D eigenvalue weighted by Gasteiger charge is 2.29. The second-order valence-corrected chi connectivity index (χ2v) is 6.01. The second kappa shape index (κ2) is 7.53. The number of nitrogens with zero attached hydrogens (tertiary/aromatic N) is 1. The summed E-state index contributed by atoms with van der Waals surface area (Å²) in [6, 6.07) is 3.08. The van der Waals surface area contributed by atoms with Crippen molar-refractivity contribution in [2.24, 2.45) is 5.92 Å². The van der Waals surface area contributed by atoms with Crippen LogP contribution in [0.2, 0.25) is 0 Å². The van der Waals surface area contributed by atoms with Crippen molar-refractivity contribution in [3.05, 3.63) is 35.4 Å². The molecule has 2 rings (SSSR count). The zero-order chi connectivity index (χ0) is 17.0. The number of hydrogen-bond donors (Lipinski definition) is 1. The van der Waals surface area contributed by atoms with Gasteiger partial charge in [-0.15, -0.1) is 0 Å². The van der Waals surface area contributed by atoms with Gasteiger partial charge in [-0.1, -0.05) is 6.92 Å². The maximum Gasteiger partial charge on any atom is 0.256 e. The first-order valence-electron chi connectivity index (χ1n) is 7.97. The fourth-order valence-electron chi connectivity index (χ4n) is 2.64. The van der Waals surface area contributed by atoms with Crippen LogP contribution in [0.1, 0.15) is 43.5 Å². The first-order chi connectivity index (χ1) is 10.9. The number of halogens is 2. The summed E-state index contributed by atoms with van der Waals surface area (Å²) in [7, 11) is 0. The van der Waals surface area contributed by atoms with Crippen LogP contribution in [-0.4, -0.2) is 35.8 Å². The van der Waals surface area contributed by atoms with Gasteiger partial charge in [0.25, 0.3) is 5.91 Å². The number of amides is 2. The first kappa shape index (κ1) is 17.4. The molecule has 0 aromatic heterocycles. The maximum absolute atomic E-state index is 13.7. The van der Waals surface area contributed by atoms with E-state index in [0.29, 0.717) is 32.0 Å². The average Bonchev–Trinajstić information content (AvgIpc) is 2.54.